The molecule has 2 aromatic rings. The minimum atomic E-state index is -3.27. The molecule has 0 saturated carbocycles. The van der Waals surface area contributed by atoms with Crippen molar-refractivity contribution in [3.05, 3.63) is 46.2 Å². The molecule has 0 fully saturated rings. The van der Waals surface area contributed by atoms with Crippen molar-refractivity contribution in [1.82, 2.24) is 9.97 Å². The van der Waals surface area contributed by atoms with Crippen LogP contribution in [-0.4, -0.2) is 24.1 Å². The summed E-state index contributed by atoms with van der Waals surface area (Å²) in [6, 6.07) is 8.05. The lowest BCUT2D eigenvalue weighted by Crippen LogP contribution is -2.10. The third-order valence-electron chi connectivity index (χ3n) is 2.97. The molecule has 1 unspecified atom stereocenters. The number of nitrogens with one attached hydrogen (secondary N) is 1. The van der Waals surface area contributed by atoms with Gasteiger partial charge in [0.1, 0.15) is 5.82 Å². The highest BCUT2D eigenvalue weighted by Gasteiger charge is 2.35. The molecule has 1 aliphatic heterocycles. The Hall–Kier alpha value is -1.80. The van der Waals surface area contributed by atoms with Gasteiger partial charge in [-0.1, -0.05) is 30.0 Å². The van der Waals surface area contributed by atoms with Crippen molar-refractivity contribution in [2.45, 2.75) is 15.3 Å². The van der Waals surface area contributed by atoms with Crippen LogP contribution in [0.2, 0.25) is 0 Å². The Morgan fingerprint density at radius 3 is 2.85 bits per heavy atom. The molecular formula is C12H11N3O3S2. The van der Waals surface area contributed by atoms with E-state index < -0.39 is 9.84 Å². The van der Waals surface area contributed by atoms with Crippen LogP contribution < -0.4 is 11.3 Å². The lowest BCUT2D eigenvalue weighted by molar-refractivity contribution is 0.600. The topological polar surface area (TPSA) is 106 Å². The molecule has 20 heavy (non-hydrogen) atoms. The van der Waals surface area contributed by atoms with Crippen LogP contribution in [0.1, 0.15) is 10.8 Å². The highest BCUT2D eigenvalue weighted by molar-refractivity contribution is 8.01. The summed E-state index contributed by atoms with van der Waals surface area (Å²) >= 11 is 1.20. The summed E-state index contributed by atoms with van der Waals surface area (Å²) in [5, 5.41) is 0.0352. The molecule has 3 rings (SSSR count). The van der Waals surface area contributed by atoms with Crippen LogP contribution in [0.4, 0.5) is 5.82 Å². The van der Waals surface area contributed by atoms with E-state index in [-0.39, 0.29) is 22.4 Å². The fourth-order valence-corrected chi connectivity index (χ4v) is 5.57. The number of nitrogen functional groups attached to an aromatic ring is 1. The van der Waals surface area contributed by atoms with Crippen LogP contribution >= 0.6 is 11.8 Å². The van der Waals surface area contributed by atoms with Crippen LogP contribution in [0, 0.1) is 0 Å². The van der Waals surface area contributed by atoms with E-state index in [9.17, 15) is 13.2 Å². The van der Waals surface area contributed by atoms with E-state index in [1.54, 1.807) is 24.3 Å². The highest BCUT2D eigenvalue weighted by Crippen LogP contribution is 2.43. The van der Waals surface area contributed by atoms with Crippen molar-refractivity contribution in [3.63, 3.8) is 0 Å². The smallest absolute Gasteiger partial charge is 0.253 e. The number of hydrogen-bond acceptors (Lipinski definition) is 6. The van der Waals surface area contributed by atoms with Gasteiger partial charge in [-0.15, -0.1) is 0 Å². The maximum absolute atomic E-state index is 12.1. The van der Waals surface area contributed by atoms with Crippen LogP contribution in [0.3, 0.4) is 0 Å². The van der Waals surface area contributed by atoms with Gasteiger partial charge in [0.05, 0.1) is 15.9 Å². The van der Waals surface area contributed by atoms with Gasteiger partial charge in [0, 0.05) is 6.07 Å². The number of H-pyrrole nitrogens is 1. The summed E-state index contributed by atoms with van der Waals surface area (Å²) in [5.41, 5.74) is 5.90. The average Bonchev–Trinajstić information content (AvgIpc) is 2.60. The SMILES string of the molecule is Nc1cc(=O)[nH]c(SC2CS(=O)(=O)c3ccccc32)n1. The first-order valence-corrected chi connectivity index (χ1v) is 8.34. The van der Waals surface area contributed by atoms with Crippen molar-refractivity contribution in [2.24, 2.45) is 0 Å². The number of rotatable bonds is 2. The standard InChI is InChI=1S/C12H11N3O3S2/c13-10-5-11(16)15-12(14-10)19-8-6-20(17,18)9-4-2-1-3-7(8)9/h1-5,8H,6H2,(H3,13,14,15,16). The summed E-state index contributed by atoms with van der Waals surface area (Å²) < 4.78 is 24.1. The van der Waals surface area contributed by atoms with Crippen LogP contribution in [0.15, 0.2) is 45.2 Å². The Morgan fingerprint density at radius 1 is 1.35 bits per heavy atom. The Morgan fingerprint density at radius 2 is 2.10 bits per heavy atom. The van der Waals surface area contributed by atoms with Gasteiger partial charge in [-0.3, -0.25) is 4.79 Å². The van der Waals surface area contributed by atoms with E-state index in [4.69, 9.17) is 5.73 Å². The first-order chi connectivity index (χ1) is 9.45. The lowest BCUT2D eigenvalue weighted by Gasteiger charge is -2.08. The average molecular weight is 309 g/mol. The van der Waals surface area contributed by atoms with Crippen molar-refractivity contribution < 1.29 is 8.42 Å². The first kappa shape index (κ1) is 13.2. The molecule has 8 heteroatoms. The molecule has 2 heterocycles. The number of thioether (sulfide) groups is 1. The van der Waals surface area contributed by atoms with Crippen molar-refractivity contribution in [2.75, 3.05) is 11.5 Å². The highest BCUT2D eigenvalue weighted by atomic mass is 32.2. The largest absolute Gasteiger partial charge is 0.383 e. The zero-order chi connectivity index (χ0) is 14.3. The van der Waals surface area contributed by atoms with Crippen LogP contribution in [-0.2, 0) is 9.84 Å². The second-order valence-electron chi connectivity index (χ2n) is 4.40. The molecule has 0 radical (unpaired) electrons. The van der Waals surface area contributed by atoms with Gasteiger partial charge >= 0.3 is 0 Å². The van der Waals surface area contributed by atoms with E-state index >= 15 is 0 Å². The predicted molar refractivity (Wildman–Crippen MR) is 76.4 cm³/mol. The molecule has 0 aliphatic carbocycles. The maximum Gasteiger partial charge on any atom is 0.253 e. The maximum atomic E-state index is 12.1. The van der Waals surface area contributed by atoms with Gasteiger partial charge in [-0.2, -0.15) is 0 Å². The number of nitrogens with zero attached hydrogens (tertiary/aromatic N) is 1. The molecule has 0 saturated heterocycles. The summed E-state index contributed by atoms with van der Waals surface area (Å²) in [7, 11) is -3.27. The fraction of sp³-hybridized carbons (Fsp3) is 0.167. The Kier molecular flexibility index (Phi) is 3.06. The number of hydrogen-bond donors (Lipinski definition) is 2. The zero-order valence-corrected chi connectivity index (χ0v) is 11.9. The molecule has 1 aliphatic rings. The van der Waals surface area contributed by atoms with Crippen LogP contribution in [0.25, 0.3) is 0 Å². The van der Waals surface area contributed by atoms with Gasteiger partial charge in [-0.05, 0) is 11.6 Å². The van der Waals surface area contributed by atoms with Crippen molar-refractivity contribution >= 4 is 27.4 Å². The normalized spacial score (nSPS) is 19.7. The molecule has 104 valence electrons. The number of aromatic amines is 1. The summed E-state index contributed by atoms with van der Waals surface area (Å²) in [6.07, 6.45) is 0. The molecular weight excluding hydrogens is 298 g/mol. The van der Waals surface area contributed by atoms with Crippen molar-refractivity contribution in [3.8, 4) is 0 Å². The molecule has 1 atom stereocenters. The molecule has 0 bridgehead atoms. The second-order valence-corrected chi connectivity index (χ2v) is 7.60. The quantitative estimate of drug-likeness (QED) is 0.801. The molecule has 1 aromatic heterocycles. The van der Waals surface area contributed by atoms with Gasteiger partial charge in [0.2, 0.25) is 0 Å². The Balaban J connectivity index is 1.99. The number of aromatic nitrogens is 2. The van der Waals surface area contributed by atoms with E-state index in [0.29, 0.717) is 10.1 Å². The van der Waals surface area contributed by atoms with Crippen molar-refractivity contribution in [1.29, 1.82) is 0 Å². The summed E-state index contributed by atoms with van der Waals surface area (Å²) in [4.78, 5) is 18.3. The zero-order valence-electron chi connectivity index (χ0n) is 10.2. The predicted octanol–water partition coefficient (Wildman–Crippen LogP) is 0.973. The van der Waals surface area contributed by atoms with Gasteiger partial charge < -0.3 is 10.7 Å². The first-order valence-electron chi connectivity index (χ1n) is 5.81. The third-order valence-corrected chi connectivity index (χ3v) is 6.11. The minimum Gasteiger partial charge on any atom is -0.383 e. The fourth-order valence-electron chi connectivity index (χ4n) is 2.15. The van der Waals surface area contributed by atoms with E-state index in [1.807, 2.05) is 0 Å². The molecule has 0 amide bonds. The summed E-state index contributed by atoms with van der Waals surface area (Å²) in [5.74, 6) is 0.112. The van der Waals surface area contributed by atoms with E-state index in [0.717, 1.165) is 5.56 Å². The van der Waals surface area contributed by atoms with Gasteiger partial charge in [0.15, 0.2) is 15.0 Å². The van der Waals surface area contributed by atoms with Gasteiger partial charge in [0.25, 0.3) is 5.56 Å². The number of benzene rings is 1. The molecule has 6 nitrogen and oxygen atoms in total. The monoisotopic (exact) mass is 309 g/mol. The minimum absolute atomic E-state index is 0.00444. The second kappa shape index (κ2) is 4.64. The molecule has 1 aromatic carbocycles. The van der Waals surface area contributed by atoms with Gasteiger partial charge in [-0.25, -0.2) is 13.4 Å². The Labute approximate surface area is 119 Å². The number of fused-ring (bicyclic) bond motifs is 1. The number of nitrogens with two attached hydrogens (primary N) is 1. The third kappa shape index (κ3) is 2.32. The number of anilines is 1. The lowest BCUT2D eigenvalue weighted by atomic mass is 10.2. The summed E-state index contributed by atoms with van der Waals surface area (Å²) in [6.45, 7) is 0. The van der Waals surface area contributed by atoms with E-state index in [1.165, 1.54) is 17.8 Å². The van der Waals surface area contributed by atoms with E-state index in [2.05, 4.69) is 9.97 Å². The molecule has 0 spiro atoms. The Bertz CT molecular complexity index is 830. The van der Waals surface area contributed by atoms with Crippen LogP contribution in [0.5, 0.6) is 0 Å². The number of sulfone groups is 1. The molecule has 3 N–H and O–H groups in total.